The Bertz CT molecular complexity index is 834. The summed E-state index contributed by atoms with van der Waals surface area (Å²) in [6, 6.07) is 5.56. The standard InChI is InChI=1S/C18H21ClN4O2S/c19-13-5-6-14-15(10-13)26-17(20-14)21-16(24)12-4-3-9-23(11-12)18(25)22-7-1-2-8-22/h5-6,10,12H,1-4,7-9,11H2,(H,20,21,24)/t12-/m0/s1. The fourth-order valence-electron chi connectivity index (χ4n) is 3.63. The Kier molecular flexibility index (Phi) is 5.00. The van der Waals surface area contributed by atoms with Crippen LogP contribution in [0.15, 0.2) is 18.2 Å². The maximum atomic E-state index is 12.7. The van der Waals surface area contributed by atoms with E-state index in [9.17, 15) is 9.59 Å². The van der Waals surface area contributed by atoms with Crippen LogP contribution in [0.25, 0.3) is 10.2 Å². The number of amides is 3. The Morgan fingerprint density at radius 3 is 2.73 bits per heavy atom. The SMILES string of the molecule is O=C(Nc1nc2ccc(Cl)cc2s1)[C@H]1CCCN(C(=O)N2CCCC2)C1. The molecule has 4 rings (SSSR count). The molecule has 2 fully saturated rings. The van der Waals surface area contributed by atoms with Gasteiger partial charge in [-0.2, -0.15) is 0 Å². The molecule has 1 atom stereocenters. The van der Waals surface area contributed by atoms with Crippen LogP contribution < -0.4 is 5.32 Å². The number of thiazole rings is 1. The number of hydrogen-bond acceptors (Lipinski definition) is 4. The third-order valence-corrected chi connectivity index (χ3v) is 6.19. The van der Waals surface area contributed by atoms with Crippen molar-refractivity contribution in [2.75, 3.05) is 31.5 Å². The lowest BCUT2D eigenvalue weighted by Gasteiger charge is -2.34. The molecule has 138 valence electrons. The monoisotopic (exact) mass is 392 g/mol. The predicted octanol–water partition coefficient (Wildman–Crippen LogP) is 3.82. The highest BCUT2D eigenvalue weighted by Gasteiger charge is 2.31. The van der Waals surface area contributed by atoms with E-state index in [1.165, 1.54) is 11.3 Å². The second kappa shape index (κ2) is 7.40. The number of nitrogens with zero attached hydrogens (tertiary/aromatic N) is 3. The Labute approximate surface area is 161 Å². The lowest BCUT2D eigenvalue weighted by atomic mass is 9.97. The van der Waals surface area contributed by atoms with E-state index in [4.69, 9.17) is 11.6 Å². The van der Waals surface area contributed by atoms with E-state index in [-0.39, 0.29) is 17.9 Å². The Morgan fingerprint density at radius 2 is 1.92 bits per heavy atom. The zero-order valence-electron chi connectivity index (χ0n) is 14.4. The molecule has 2 aromatic rings. The van der Waals surface area contributed by atoms with Crippen LogP contribution in [-0.2, 0) is 4.79 Å². The summed E-state index contributed by atoms with van der Waals surface area (Å²) < 4.78 is 0.947. The maximum Gasteiger partial charge on any atom is 0.320 e. The fourth-order valence-corrected chi connectivity index (χ4v) is 4.78. The second-order valence-corrected chi connectivity index (χ2v) is 8.35. The van der Waals surface area contributed by atoms with Crippen LogP contribution in [-0.4, -0.2) is 52.9 Å². The Balaban J connectivity index is 1.41. The van der Waals surface area contributed by atoms with Crippen LogP contribution >= 0.6 is 22.9 Å². The van der Waals surface area contributed by atoms with Gasteiger partial charge in [-0.1, -0.05) is 22.9 Å². The van der Waals surface area contributed by atoms with Crippen LogP contribution in [0.2, 0.25) is 5.02 Å². The van der Waals surface area contributed by atoms with Gasteiger partial charge < -0.3 is 15.1 Å². The molecule has 2 saturated heterocycles. The molecule has 26 heavy (non-hydrogen) atoms. The van der Waals surface area contributed by atoms with E-state index in [1.807, 2.05) is 21.9 Å². The molecule has 3 heterocycles. The normalized spacial score (nSPS) is 20.6. The van der Waals surface area contributed by atoms with Gasteiger partial charge in [0.25, 0.3) is 0 Å². The first-order valence-corrected chi connectivity index (χ1v) is 10.2. The van der Waals surface area contributed by atoms with Crippen molar-refractivity contribution in [1.82, 2.24) is 14.8 Å². The number of anilines is 1. The van der Waals surface area contributed by atoms with Gasteiger partial charge in [0.1, 0.15) is 0 Å². The summed E-state index contributed by atoms with van der Waals surface area (Å²) in [5.41, 5.74) is 0.823. The lowest BCUT2D eigenvalue weighted by molar-refractivity contribution is -0.121. The lowest BCUT2D eigenvalue weighted by Crippen LogP contribution is -2.48. The van der Waals surface area contributed by atoms with E-state index < -0.39 is 0 Å². The molecule has 0 unspecified atom stereocenters. The first-order valence-electron chi connectivity index (χ1n) is 9.01. The number of nitrogens with one attached hydrogen (secondary N) is 1. The molecule has 8 heteroatoms. The van der Waals surface area contributed by atoms with Gasteiger partial charge in [0, 0.05) is 31.2 Å². The van der Waals surface area contributed by atoms with Crippen molar-refractivity contribution in [2.24, 2.45) is 5.92 Å². The highest BCUT2D eigenvalue weighted by atomic mass is 35.5. The summed E-state index contributed by atoms with van der Waals surface area (Å²) in [5.74, 6) is -0.250. The molecule has 1 aromatic heterocycles. The van der Waals surface area contributed by atoms with Crippen molar-refractivity contribution in [3.8, 4) is 0 Å². The highest BCUT2D eigenvalue weighted by Crippen LogP contribution is 2.29. The first-order chi connectivity index (χ1) is 12.6. The minimum atomic E-state index is -0.189. The maximum absolute atomic E-state index is 12.7. The Hall–Kier alpha value is -1.86. The molecule has 0 aliphatic carbocycles. The van der Waals surface area contributed by atoms with Gasteiger partial charge >= 0.3 is 6.03 Å². The van der Waals surface area contributed by atoms with Crippen molar-refractivity contribution in [3.63, 3.8) is 0 Å². The van der Waals surface area contributed by atoms with E-state index in [0.717, 1.165) is 55.5 Å². The van der Waals surface area contributed by atoms with E-state index >= 15 is 0 Å². The molecule has 0 saturated carbocycles. The third kappa shape index (κ3) is 3.64. The number of halogens is 1. The number of piperidine rings is 1. The van der Waals surface area contributed by atoms with Gasteiger partial charge in [-0.05, 0) is 43.9 Å². The zero-order valence-corrected chi connectivity index (χ0v) is 16.0. The van der Waals surface area contributed by atoms with Crippen molar-refractivity contribution >= 4 is 50.2 Å². The first kappa shape index (κ1) is 17.5. The van der Waals surface area contributed by atoms with Crippen LogP contribution in [0.3, 0.4) is 0 Å². The molecule has 0 bridgehead atoms. The van der Waals surface area contributed by atoms with Crippen LogP contribution in [0.5, 0.6) is 0 Å². The summed E-state index contributed by atoms with van der Waals surface area (Å²) in [4.78, 5) is 33.4. The van der Waals surface area contributed by atoms with Crippen LogP contribution in [0, 0.1) is 5.92 Å². The van der Waals surface area contributed by atoms with E-state index in [0.29, 0.717) is 16.7 Å². The number of carbonyl (C=O) groups is 2. The number of carbonyl (C=O) groups excluding carboxylic acids is 2. The smallest absolute Gasteiger partial charge is 0.320 e. The van der Waals surface area contributed by atoms with Gasteiger partial charge in [-0.15, -0.1) is 0 Å². The van der Waals surface area contributed by atoms with E-state index in [1.54, 1.807) is 6.07 Å². The highest BCUT2D eigenvalue weighted by molar-refractivity contribution is 7.22. The Morgan fingerprint density at radius 1 is 1.15 bits per heavy atom. The predicted molar refractivity (Wildman–Crippen MR) is 104 cm³/mol. The molecule has 0 spiro atoms. The van der Waals surface area contributed by atoms with E-state index in [2.05, 4.69) is 10.3 Å². The minimum absolute atomic E-state index is 0.0610. The molecule has 1 N–H and O–H groups in total. The quantitative estimate of drug-likeness (QED) is 0.844. The molecule has 0 radical (unpaired) electrons. The third-order valence-electron chi connectivity index (χ3n) is 5.02. The summed E-state index contributed by atoms with van der Waals surface area (Å²) in [6.07, 6.45) is 3.80. The minimum Gasteiger partial charge on any atom is -0.325 e. The average molecular weight is 393 g/mol. The summed E-state index contributed by atoms with van der Waals surface area (Å²) in [5, 5.41) is 4.16. The molecule has 2 aliphatic heterocycles. The zero-order chi connectivity index (χ0) is 18.1. The molecule has 2 aliphatic rings. The molecular formula is C18H21ClN4O2S. The van der Waals surface area contributed by atoms with Crippen LogP contribution in [0.4, 0.5) is 9.93 Å². The van der Waals surface area contributed by atoms with Gasteiger partial charge in [0.05, 0.1) is 16.1 Å². The molecule has 6 nitrogen and oxygen atoms in total. The van der Waals surface area contributed by atoms with Crippen molar-refractivity contribution in [3.05, 3.63) is 23.2 Å². The largest absolute Gasteiger partial charge is 0.325 e. The summed E-state index contributed by atoms with van der Waals surface area (Å²) in [6.45, 7) is 2.89. The second-order valence-electron chi connectivity index (χ2n) is 6.88. The average Bonchev–Trinajstić information content (AvgIpc) is 3.30. The topological polar surface area (TPSA) is 65.5 Å². The number of likely N-dealkylation sites (tertiary alicyclic amines) is 2. The number of benzene rings is 1. The van der Waals surface area contributed by atoms with Crippen molar-refractivity contribution < 1.29 is 9.59 Å². The summed E-state index contributed by atoms with van der Waals surface area (Å²) in [7, 11) is 0. The molecule has 3 amide bonds. The van der Waals surface area contributed by atoms with Crippen molar-refractivity contribution in [1.29, 1.82) is 0 Å². The number of rotatable bonds is 2. The number of aromatic nitrogens is 1. The van der Waals surface area contributed by atoms with Gasteiger partial charge in [0.15, 0.2) is 5.13 Å². The van der Waals surface area contributed by atoms with Crippen molar-refractivity contribution in [2.45, 2.75) is 25.7 Å². The van der Waals surface area contributed by atoms with Gasteiger partial charge in [0.2, 0.25) is 5.91 Å². The molecule has 1 aromatic carbocycles. The number of fused-ring (bicyclic) bond motifs is 1. The van der Waals surface area contributed by atoms with Crippen LogP contribution in [0.1, 0.15) is 25.7 Å². The van der Waals surface area contributed by atoms with Gasteiger partial charge in [-0.25, -0.2) is 9.78 Å². The fraction of sp³-hybridized carbons (Fsp3) is 0.500. The van der Waals surface area contributed by atoms with Gasteiger partial charge in [-0.3, -0.25) is 4.79 Å². The number of hydrogen-bond donors (Lipinski definition) is 1. The summed E-state index contributed by atoms with van der Waals surface area (Å²) >= 11 is 7.42. The number of urea groups is 1. The molecular weight excluding hydrogens is 372 g/mol.